The van der Waals surface area contributed by atoms with Crippen LogP contribution in [0.1, 0.15) is 36.3 Å². The molecule has 0 aliphatic heterocycles. The van der Waals surface area contributed by atoms with Crippen molar-refractivity contribution in [2.75, 3.05) is 13.2 Å². The largest absolute Gasteiger partial charge is 0.462 e. The minimum Gasteiger partial charge on any atom is -0.462 e. The molecular weight excluding hydrogens is 208 g/mol. The Morgan fingerprint density at radius 2 is 2.31 bits per heavy atom. The molecule has 16 heavy (non-hydrogen) atoms. The van der Waals surface area contributed by atoms with Crippen molar-refractivity contribution in [2.45, 2.75) is 33.2 Å². The lowest BCUT2D eigenvalue weighted by molar-refractivity contribution is 0.0524. The number of hydrogen-bond donors (Lipinski definition) is 1. The SMILES string of the molecule is CCCc1c(C(=O)OCC)cnn1CCO. The van der Waals surface area contributed by atoms with E-state index in [9.17, 15) is 4.79 Å². The second-order valence-corrected chi connectivity index (χ2v) is 3.42. The van der Waals surface area contributed by atoms with E-state index in [0.29, 0.717) is 18.7 Å². The summed E-state index contributed by atoms with van der Waals surface area (Å²) < 4.78 is 6.61. The van der Waals surface area contributed by atoms with Crippen LogP contribution in [0, 0.1) is 0 Å². The van der Waals surface area contributed by atoms with Crippen molar-refractivity contribution in [3.05, 3.63) is 17.5 Å². The fourth-order valence-electron chi connectivity index (χ4n) is 1.58. The first-order valence-electron chi connectivity index (χ1n) is 5.57. The maximum absolute atomic E-state index is 11.6. The Bertz CT molecular complexity index is 347. The molecule has 5 heteroatoms. The summed E-state index contributed by atoms with van der Waals surface area (Å²) in [7, 11) is 0. The molecule has 0 aliphatic carbocycles. The Labute approximate surface area is 95.0 Å². The molecular formula is C11H18N2O3. The van der Waals surface area contributed by atoms with Crippen molar-refractivity contribution in [3.8, 4) is 0 Å². The summed E-state index contributed by atoms with van der Waals surface area (Å²) in [5.41, 5.74) is 1.35. The van der Waals surface area contributed by atoms with Gasteiger partial charge in [-0.05, 0) is 13.3 Å². The fraction of sp³-hybridized carbons (Fsp3) is 0.636. The van der Waals surface area contributed by atoms with Gasteiger partial charge < -0.3 is 9.84 Å². The van der Waals surface area contributed by atoms with Crippen molar-refractivity contribution in [1.82, 2.24) is 9.78 Å². The van der Waals surface area contributed by atoms with Crippen LogP contribution < -0.4 is 0 Å². The van der Waals surface area contributed by atoms with Crippen LogP contribution in [0.25, 0.3) is 0 Å². The summed E-state index contributed by atoms with van der Waals surface area (Å²) in [4.78, 5) is 11.6. The van der Waals surface area contributed by atoms with Crippen LogP contribution in [0.15, 0.2) is 6.20 Å². The zero-order valence-electron chi connectivity index (χ0n) is 9.77. The monoisotopic (exact) mass is 226 g/mol. The molecule has 90 valence electrons. The Morgan fingerprint density at radius 1 is 1.56 bits per heavy atom. The van der Waals surface area contributed by atoms with E-state index in [4.69, 9.17) is 9.84 Å². The molecule has 1 rings (SSSR count). The molecule has 0 unspecified atom stereocenters. The zero-order chi connectivity index (χ0) is 12.0. The molecule has 1 aromatic heterocycles. The molecule has 0 saturated heterocycles. The third-order valence-electron chi connectivity index (χ3n) is 2.24. The average molecular weight is 226 g/mol. The van der Waals surface area contributed by atoms with Crippen LogP contribution in [0.5, 0.6) is 0 Å². The van der Waals surface area contributed by atoms with Crippen molar-refractivity contribution in [2.24, 2.45) is 0 Å². The molecule has 1 N–H and O–H groups in total. The van der Waals surface area contributed by atoms with E-state index >= 15 is 0 Å². The van der Waals surface area contributed by atoms with Gasteiger partial charge in [0, 0.05) is 0 Å². The Morgan fingerprint density at radius 3 is 2.88 bits per heavy atom. The second-order valence-electron chi connectivity index (χ2n) is 3.42. The molecule has 0 aromatic carbocycles. The number of aromatic nitrogens is 2. The van der Waals surface area contributed by atoms with E-state index in [-0.39, 0.29) is 12.6 Å². The maximum atomic E-state index is 11.6. The first-order chi connectivity index (χ1) is 7.74. The molecule has 0 spiro atoms. The van der Waals surface area contributed by atoms with Gasteiger partial charge in [-0.1, -0.05) is 13.3 Å². The minimum absolute atomic E-state index is 0.0145. The molecule has 0 amide bonds. The standard InChI is InChI=1S/C11H18N2O3/c1-3-5-10-9(11(15)16-4-2)8-12-13(10)6-7-14/h8,14H,3-7H2,1-2H3. The van der Waals surface area contributed by atoms with Gasteiger partial charge in [-0.2, -0.15) is 5.10 Å². The quantitative estimate of drug-likeness (QED) is 0.735. The average Bonchev–Trinajstić information content (AvgIpc) is 2.64. The number of carbonyl (C=O) groups is 1. The van der Waals surface area contributed by atoms with Crippen molar-refractivity contribution in [1.29, 1.82) is 0 Å². The number of hydrogen-bond acceptors (Lipinski definition) is 4. The van der Waals surface area contributed by atoms with Gasteiger partial charge in [-0.15, -0.1) is 0 Å². The lowest BCUT2D eigenvalue weighted by atomic mass is 10.1. The molecule has 0 radical (unpaired) electrons. The molecule has 1 heterocycles. The number of aliphatic hydroxyl groups is 1. The second kappa shape index (κ2) is 6.27. The summed E-state index contributed by atoms with van der Waals surface area (Å²) in [5, 5.41) is 13.0. The van der Waals surface area contributed by atoms with Gasteiger partial charge in [0.1, 0.15) is 5.56 Å². The third-order valence-corrected chi connectivity index (χ3v) is 2.24. The summed E-state index contributed by atoms with van der Waals surface area (Å²) in [6, 6.07) is 0. The fourth-order valence-corrected chi connectivity index (χ4v) is 1.58. The number of ether oxygens (including phenoxy) is 1. The topological polar surface area (TPSA) is 64.3 Å². The van der Waals surface area contributed by atoms with E-state index in [1.165, 1.54) is 6.20 Å². The number of esters is 1. The van der Waals surface area contributed by atoms with Crippen LogP contribution in [-0.4, -0.2) is 34.1 Å². The van der Waals surface area contributed by atoms with E-state index in [0.717, 1.165) is 18.5 Å². The number of carbonyl (C=O) groups excluding carboxylic acids is 1. The van der Waals surface area contributed by atoms with Crippen LogP contribution in [0.2, 0.25) is 0 Å². The van der Waals surface area contributed by atoms with E-state index in [1.807, 2.05) is 6.92 Å². The van der Waals surface area contributed by atoms with Crippen LogP contribution in [0.3, 0.4) is 0 Å². The Hall–Kier alpha value is -1.36. The minimum atomic E-state index is -0.338. The van der Waals surface area contributed by atoms with Crippen LogP contribution in [0.4, 0.5) is 0 Å². The first kappa shape index (κ1) is 12.7. The van der Waals surface area contributed by atoms with E-state index < -0.39 is 0 Å². The Balaban J connectivity index is 2.94. The molecule has 0 aliphatic rings. The van der Waals surface area contributed by atoms with E-state index in [2.05, 4.69) is 5.10 Å². The lowest BCUT2D eigenvalue weighted by Crippen LogP contribution is -2.12. The van der Waals surface area contributed by atoms with Crippen molar-refractivity contribution in [3.63, 3.8) is 0 Å². The highest BCUT2D eigenvalue weighted by Gasteiger charge is 2.17. The van der Waals surface area contributed by atoms with E-state index in [1.54, 1.807) is 11.6 Å². The van der Waals surface area contributed by atoms with Crippen molar-refractivity contribution >= 4 is 5.97 Å². The predicted octanol–water partition coefficient (Wildman–Crippen LogP) is 1.00. The maximum Gasteiger partial charge on any atom is 0.341 e. The zero-order valence-corrected chi connectivity index (χ0v) is 9.77. The third kappa shape index (κ3) is 2.82. The van der Waals surface area contributed by atoms with Gasteiger partial charge in [0.25, 0.3) is 0 Å². The van der Waals surface area contributed by atoms with Gasteiger partial charge in [-0.25, -0.2) is 4.79 Å². The van der Waals surface area contributed by atoms with Gasteiger partial charge in [0.05, 0.1) is 31.6 Å². The Kier molecular flexibility index (Phi) is 4.98. The predicted molar refractivity (Wildman–Crippen MR) is 59.3 cm³/mol. The van der Waals surface area contributed by atoms with Gasteiger partial charge >= 0.3 is 5.97 Å². The van der Waals surface area contributed by atoms with Crippen molar-refractivity contribution < 1.29 is 14.6 Å². The van der Waals surface area contributed by atoms with Gasteiger partial charge in [0.2, 0.25) is 0 Å². The lowest BCUT2D eigenvalue weighted by Gasteiger charge is -2.07. The molecule has 0 fully saturated rings. The normalized spacial score (nSPS) is 10.4. The summed E-state index contributed by atoms with van der Waals surface area (Å²) >= 11 is 0. The summed E-state index contributed by atoms with van der Waals surface area (Å²) in [6.07, 6.45) is 3.19. The summed E-state index contributed by atoms with van der Waals surface area (Å²) in [5.74, 6) is -0.338. The highest BCUT2D eigenvalue weighted by molar-refractivity contribution is 5.90. The molecule has 0 bridgehead atoms. The smallest absolute Gasteiger partial charge is 0.341 e. The van der Waals surface area contributed by atoms with Gasteiger partial charge in [0.15, 0.2) is 0 Å². The van der Waals surface area contributed by atoms with Crippen LogP contribution in [-0.2, 0) is 17.7 Å². The number of rotatable bonds is 6. The van der Waals surface area contributed by atoms with Gasteiger partial charge in [-0.3, -0.25) is 4.68 Å². The highest BCUT2D eigenvalue weighted by Crippen LogP contribution is 2.12. The molecule has 1 aromatic rings. The first-order valence-corrected chi connectivity index (χ1v) is 5.57. The number of nitrogens with zero attached hydrogens (tertiary/aromatic N) is 2. The van der Waals surface area contributed by atoms with Crippen LogP contribution >= 0.6 is 0 Å². The molecule has 0 saturated carbocycles. The highest BCUT2D eigenvalue weighted by atomic mass is 16.5. The molecule has 0 atom stereocenters. The number of aliphatic hydroxyl groups excluding tert-OH is 1. The molecule has 5 nitrogen and oxygen atoms in total. The summed E-state index contributed by atoms with van der Waals surface area (Å²) in [6.45, 7) is 4.59.